The fourth-order valence-corrected chi connectivity index (χ4v) is 3.08. The highest BCUT2D eigenvalue weighted by atomic mass is 35.5. The van der Waals surface area contributed by atoms with E-state index in [9.17, 15) is 5.11 Å². The number of pyridine rings is 1. The molecule has 31 heavy (non-hydrogen) atoms. The molecule has 7 heteroatoms. The van der Waals surface area contributed by atoms with Crippen LogP contribution in [0.5, 0.6) is 0 Å². The zero-order valence-corrected chi connectivity index (χ0v) is 17.6. The second kappa shape index (κ2) is 12.5. The number of carboxylic acids is 2. The first-order valence-electron chi connectivity index (χ1n) is 9.73. The predicted molar refractivity (Wildman–Crippen MR) is 119 cm³/mol. The molecule has 6 nitrogen and oxygen atoms in total. The van der Waals surface area contributed by atoms with E-state index in [4.69, 9.17) is 31.4 Å². The molecule has 1 atom stereocenters. The minimum Gasteiger partial charge on any atom is -0.473 e. The van der Waals surface area contributed by atoms with Crippen LogP contribution in [-0.2, 0) is 22.4 Å². The van der Waals surface area contributed by atoms with Crippen molar-refractivity contribution in [3.63, 3.8) is 0 Å². The van der Waals surface area contributed by atoms with Gasteiger partial charge in [-0.1, -0.05) is 54.1 Å². The van der Waals surface area contributed by atoms with Crippen molar-refractivity contribution in [2.75, 3.05) is 0 Å². The molecule has 1 heterocycles. The monoisotopic (exact) mass is 441 g/mol. The summed E-state index contributed by atoms with van der Waals surface area (Å²) in [5.74, 6) is -3.65. The van der Waals surface area contributed by atoms with E-state index in [1.165, 1.54) is 11.1 Å². The third-order valence-corrected chi connectivity index (χ3v) is 4.79. The van der Waals surface area contributed by atoms with Gasteiger partial charge in [-0.05, 0) is 66.1 Å². The number of benzene rings is 2. The van der Waals surface area contributed by atoms with Gasteiger partial charge in [-0.2, -0.15) is 0 Å². The quantitative estimate of drug-likeness (QED) is 0.466. The lowest BCUT2D eigenvalue weighted by Gasteiger charge is -2.11. The maximum Gasteiger partial charge on any atom is 0.414 e. The van der Waals surface area contributed by atoms with E-state index in [0.29, 0.717) is 0 Å². The Morgan fingerprint density at radius 1 is 0.839 bits per heavy atom. The zero-order chi connectivity index (χ0) is 22.6. The summed E-state index contributed by atoms with van der Waals surface area (Å²) in [4.78, 5) is 22.3. The van der Waals surface area contributed by atoms with Crippen molar-refractivity contribution in [1.29, 1.82) is 0 Å². The number of aliphatic hydroxyl groups excluding tert-OH is 1. The average Bonchev–Trinajstić information content (AvgIpc) is 2.77. The van der Waals surface area contributed by atoms with Crippen molar-refractivity contribution in [1.82, 2.24) is 4.98 Å². The lowest BCUT2D eigenvalue weighted by molar-refractivity contribution is -0.159. The Kier molecular flexibility index (Phi) is 9.68. The molecule has 0 bridgehead atoms. The Balaban J connectivity index is 0.000000501. The van der Waals surface area contributed by atoms with Crippen LogP contribution in [0.4, 0.5) is 0 Å². The summed E-state index contributed by atoms with van der Waals surface area (Å²) in [6.07, 6.45) is 6.64. The van der Waals surface area contributed by atoms with Crippen molar-refractivity contribution in [3.8, 4) is 11.1 Å². The number of hydrogen-bond acceptors (Lipinski definition) is 4. The van der Waals surface area contributed by atoms with Gasteiger partial charge < -0.3 is 15.3 Å². The summed E-state index contributed by atoms with van der Waals surface area (Å²) in [6, 6.07) is 20.3. The highest BCUT2D eigenvalue weighted by Gasteiger charge is 2.06. The average molecular weight is 442 g/mol. The molecule has 0 radical (unpaired) electrons. The Morgan fingerprint density at radius 3 is 2.03 bits per heavy atom. The second-order valence-corrected chi connectivity index (χ2v) is 7.35. The second-order valence-electron chi connectivity index (χ2n) is 6.91. The van der Waals surface area contributed by atoms with Crippen LogP contribution in [0, 0.1) is 0 Å². The van der Waals surface area contributed by atoms with Crippen LogP contribution in [-0.4, -0.2) is 38.3 Å². The molecule has 0 fully saturated rings. The number of nitrogens with zero attached hydrogens (tertiary/aromatic N) is 1. The van der Waals surface area contributed by atoms with Gasteiger partial charge in [-0.3, -0.25) is 4.98 Å². The SMILES string of the molecule is O=C(O)C(=O)O.O[C@@H](CCc1ccc(-c2cccc(Cl)c2)cc1)CCc1cccnc1. The fraction of sp³-hybridized carbons (Fsp3) is 0.208. The number of carbonyl (C=O) groups is 2. The summed E-state index contributed by atoms with van der Waals surface area (Å²) in [7, 11) is 0. The number of aryl methyl sites for hydroxylation is 2. The third kappa shape index (κ3) is 8.99. The zero-order valence-electron chi connectivity index (χ0n) is 16.8. The summed E-state index contributed by atoms with van der Waals surface area (Å²) < 4.78 is 0. The van der Waals surface area contributed by atoms with E-state index in [2.05, 4.69) is 35.3 Å². The fourth-order valence-electron chi connectivity index (χ4n) is 2.89. The first-order chi connectivity index (χ1) is 14.8. The van der Waals surface area contributed by atoms with Gasteiger partial charge in [0.15, 0.2) is 0 Å². The molecule has 0 aliphatic heterocycles. The van der Waals surface area contributed by atoms with E-state index in [0.717, 1.165) is 41.8 Å². The summed E-state index contributed by atoms with van der Waals surface area (Å²) in [5, 5.41) is 25.7. The number of halogens is 1. The van der Waals surface area contributed by atoms with Crippen LogP contribution in [0.25, 0.3) is 11.1 Å². The maximum atomic E-state index is 10.2. The molecule has 0 saturated carbocycles. The van der Waals surface area contributed by atoms with E-state index in [1.54, 1.807) is 6.20 Å². The van der Waals surface area contributed by atoms with Crippen molar-refractivity contribution in [2.45, 2.75) is 31.8 Å². The molecular formula is C24H24ClNO5. The molecule has 0 spiro atoms. The Hall–Kier alpha value is -3.22. The van der Waals surface area contributed by atoms with Crippen LogP contribution < -0.4 is 0 Å². The molecular weight excluding hydrogens is 418 g/mol. The number of carboxylic acid groups (broad SMARTS) is 2. The minimum absolute atomic E-state index is 0.284. The molecule has 3 N–H and O–H groups in total. The molecule has 0 aliphatic rings. The first kappa shape index (κ1) is 24.1. The Morgan fingerprint density at radius 2 is 1.48 bits per heavy atom. The van der Waals surface area contributed by atoms with E-state index >= 15 is 0 Å². The van der Waals surface area contributed by atoms with Gasteiger partial charge in [0, 0.05) is 17.4 Å². The molecule has 3 rings (SSSR count). The van der Waals surface area contributed by atoms with Gasteiger partial charge in [0.2, 0.25) is 0 Å². The van der Waals surface area contributed by atoms with Crippen molar-refractivity contribution < 1.29 is 24.9 Å². The largest absolute Gasteiger partial charge is 0.473 e. The number of aromatic nitrogens is 1. The predicted octanol–water partition coefficient (Wildman–Crippen LogP) is 4.48. The van der Waals surface area contributed by atoms with Crippen LogP contribution in [0.3, 0.4) is 0 Å². The molecule has 3 aromatic rings. The van der Waals surface area contributed by atoms with Crippen LogP contribution in [0.1, 0.15) is 24.0 Å². The summed E-state index contributed by atoms with van der Waals surface area (Å²) >= 11 is 6.05. The lowest BCUT2D eigenvalue weighted by atomic mass is 9.99. The summed E-state index contributed by atoms with van der Waals surface area (Å²) in [6.45, 7) is 0. The van der Waals surface area contributed by atoms with Gasteiger partial charge in [0.1, 0.15) is 0 Å². The highest BCUT2D eigenvalue weighted by Crippen LogP contribution is 2.23. The van der Waals surface area contributed by atoms with Crippen molar-refractivity contribution in [3.05, 3.63) is 89.2 Å². The Labute approximate surface area is 185 Å². The first-order valence-corrected chi connectivity index (χ1v) is 10.1. The number of rotatable bonds is 7. The van der Waals surface area contributed by atoms with Gasteiger partial charge >= 0.3 is 11.9 Å². The molecule has 0 amide bonds. The van der Waals surface area contributed by atoms with E-state index in [1.807, 2.05) is 36.5 Å². The summed E-state index contributed by atoms with van der Waals surface area (Å²) in [5.41, 5.74) is 4.69. The molecule has 0 aliphatic carbocycles. The van der Waals surface area contributed by atoms with Gasteiger partial charge in [0.25, 0.3) is 0 Å². The van der Waals surface area contributed by atoms with Gasteiger partial charge in [-0.15, -0.1) is 0 Å². The number of hydrogen-bond donors (Lipinski definition) is 3. The normalized spacial score (nSPS) is 11.2. The van der Waals surface area contributed by atoms with E-state index in [-0.39, 0.29) is 6.10 Å². The standard InChI is InChI=1S/C22H22ClNO.C2H2O4/c23-21-5-1-4-20(15-21)19-10-6-17(7-11-19)8-12-22(25)13-9-18-3-2-14-24-16-18;3-1(4)2(5)6/h1-7,10-11,14-16,22,25H,8-9,12-13H2;(H,3,4)(H,5,6)/t22-;/m0./s1. The molecule has 2 aromatic carbocycles. The van der Waals surface area contributed by atoms with Crippen molar-refractivity contribution >= 4 is 23.5 Å². The topological polar surface area (TPSA) is 108 Å². The minimum atomic E-state index is -1.82. The van der Waals surface area contributed by atoms with Gasteiger partial charge in [0.05, 0.1) is 6.10 Å². The van der Waals surface area contributed by atoms with Gasteiger partial charge in [-0.25, -0.2) is 9.59 Å². The van der Waals surface area contributed by atoms with E-state index < -0.39 is 11.9 Å². The van der Waals surface area contributed by atoms with Crippen molar-refractivity contribution in [2.24, 2.45) is 0 Å². The van der Waals surface area contributed by atoms with Crippen LogP contribution in [0.2, 0.25) is 5.02 Å². The molecule has 162 valence electrons. The third-order valence-electron chi connectivity index (χ3n) is 4.55. The number of aliphatic hydroxyl groups is 1. The van der Waals surface area contributed by atoms with Crippen LogP contribution >= 0.6 is 11.6 Å². The van der Waals surface area contributed by atoms with Crippen LogP contribution in [0.15, 0.2) is 73.1 Å². The lowest BCUT2D eigenvalue weighted by Crippen LogP contribution is -2.09. The Bertz CT molecular complexity index is 965. The molecule has 0 saturated heterocycles. The molecule has 1 aromatic heterocycles. The smallest absolute Gasteiger partial charge is 0.414 e. The number of aliphatic carboxylic acids is 2. The molecule has 0 unspecified atom stereocenters. The highest BCUT2D eigenvalue weighted by molar-refractivity contribution is 6.30. The maximum absolute atomic E-state index is 10.2.